The van der Waals surface area contributed by atoms with Crippen LogP contribution in [0.1, 0.15) is 19.8 Å². The number of likely N-dealkylation sites (tertiary alicyclic amines) is 1. The Kier molecular flexibility index (Phi) is 4.01. The van der Waals surface area contributed by atoms with E-state index in [2.05, 4.69) is 17.1 Å². The van der Waals surface area contributed by atoms with E-state index in [1.165, 1.54) is 0 Å². The third-order valence-corrected chi connectivity index (χ3v) is 3.37. The SMILES string of the molecule is CCN1CCCC(Nc2c(F)cc(N)cc2F)C1. The van der Waals surface area contributed by atoms with E-state index in [4.69, 9.17) is 5.73 Å². The number of nitrogen functional groups attached to an aromatic ring is 1. The summed E-state index contributed by atoms with van der Waals surface area (Å²) < 4.78 is 27.3. The van der Waals surface area contributed by atoms with Crippen molar-refractivity contribution in [2.75, 3.05) is 30.7 Å². The van der Waals surface area contributed by atoms with Gasteiger partial charge in [0.05, 0.1) is 0 Å². The van der Waals surface area contributed by atoms with Gasteiger partial charge < -0.3 is 16.0 Å². The zero-order chi connectivity index (χ0) is 13.1. The van der Waals surface area contributed by atoms with Gasteiger partial charge in [-0.15, -0.1) is 0 Å². The van der Waals surface area contributed by atoms with Crippen LogP contribution in [0.15, 0.2) is 12.1 Å². The molecule has 100 valence electrons. The second-order valence-electron chi connectivity index (χ2n) is 4.74. The van der Waals surface area contributed by atoms with E-state index in [0.717, 1.165) is 44.6 Å². The zero-order valence-electron chi connectivity index (χ0n) is 10.5. The number of hydrogen-bond donors (Lipinski definition) is 2. The van der Waals surface area contributed by atoms with E-state index in [0.29, 0.717) is 0 Å². The van der Waals surface area contributed by atoms with E-state index in [-0.39, 0.29) is 17.4 Å². The smallest absolute Gasteiger partial charge is 0.151 e. The van der Waals surface area contributed by atoms with E-state index < -0.39 is 11.6 Å². The number of nitrogens with zero attached hydrogens (tertiary/aromatic N) is 1. The fraction of sp³-hybridized carbons (Fsp3) is 0.538. The van der Waals surface area contributed by atoms with Crippen LogP contribution in [0, 0.1) is 11.6 Å². The van der Waals surface area contributed by atoms with Gasteiger partial charge in [-0.05, 0) is 38.1 Å². The van der Waals surface area contributed by atoms with Gasteiger partial charge in [0.2, 0.25) is 0 Å². The lowest BCUT2D eigenvalue weighted by Crippen LogP contribution is -2.42. The van der Waals surface area contributed by atoms with Crippen molar-refractivity contribution in [1.82, 2.24) is 4.90 Å². The van der Waals surface area contributed by atoms with E-state index in [1.54, 1.807) is 0 Å². The van der Waals surface area contributed by atoms with Gasteiger partial charge in [0.1, 0.15) is 5.69 Å². The van der Waals surface area contributed by atoms with Gasteiger partial charge in [-0.2, -0.15) is 0 Å². The summed E-state index contributed by atoms with van der Waals surface area (Å²) in [4.78, 5) is 2.27. The van der Waals surface area contributed by atoms with Crippen molar-refractivity contribution in [3.8, 4) is 0 Å². The number of hydrogen-bond acceptors (Lipinski definition) is 3. The van der Waals surface area contributed by atoms with Crippen molar-refractivity contribution in [2.45, 2.75) is 25.8 Å². The topological polar surface area (TPSA) is 41.3 Å². The molecule has 0 spiro atoms. The normalized spacial score (nSPS) is 20.9. The average molecular weight is 255 g/mol. The Morgan fingerprint density at radius 3 is 2.67 bits per heavy atom. The van der Waals surface area contributed by atoms with Crippen LogP contribution in [0.4, 0.5) is 20.2 Å². The maximum absolute atomic E-state index is 13.6. The van der Waals surface area contributed by atoms with E-state index in [1.807, 2.05) is 0 Å². The first-order valence-electron chi connectivity index (χ1n) is 6.33. The number of likely N-dealkylation sites (N-methyl/N-ethyl adjacent to an activating group) is 1. The summed E-state index contributed by atoms with van der Waals surface area (Å²) in [5, 5.41) is 2.96. The molecular weight excluding hydrogens is 236 g/mol. The Morgan fingerprint density at radius 2 is 2.06 bits per heavy atom. The van der Waals surface area contributed by atoms with Crippen LogP contribution >= 0.6 is 0 Å². The Hall–Kier alpha value is -1.36. The molecule has 0 radical (unpaired) electrons. The minimum Gasteiger partial charge on any atom is -0.399 e. The summed E-state index contributed by atoms with van der Waals surface area (Å²) in [7, 11) is 0. The van der Waals surface area contributed by atoms with Crippen LogP contribution in [0.5, 0.6) is 0 Å². The molecule has 18 heavy (non-hydrogen) atoms. The second-order valence-corrected chi connectivity index (χ2v) is 4.74. The molecule has 3 nitrogen and oxygen atoms in total. The minimum absolute atomic E-state index is 0.0628. The highest BCUT2D eigenvalue weighted by atomic mass is 19.1. The monoisotopic (exact) mass is 255 g/mol. The van der Waals surface area contributed by atoms with Crippen LogP contribution in [0.25, 0.3) is 0 Å². The molecule has 1 saturated heterocycles. The molecule has 1 unspecified atom stereocenters. The highest BCUT2D eigenvalue weighted by Crippen LogP contribution is 2.24. The van der Waals surface area contributed by atoms with Crippen molar-refractivity contribution in [1.29, 1.82) is 0 Å². The minimum atomic E-state index is -0.624. The predicted octanol–water partition coefficient (Wildman–Crippen LogP) is 2.44. The first kappa shape index (κ1) is 13.1. The van der Waals surface area contributed by atoms with Crippen LogP contribution in [0.3, 0.4) is 0 Å². The number of piperidine rings is 1. The molecule has 1 fully saturated rings. The van der Waals surface area contributed by atoms with Gasteiger partial charge in [-0.25, -0.2) is 8.78 Å². The van der Waals surface area contributed by atoms with Crippen LogP contribution in [0.2, 0.25) is 0 Å². The lowest BCUT2D eigenvalue weighted by atomic mass is 10.1. The molecule has 2 rings (SSSR count). The molecule has 1 aliphatic rings. The van der Waals surface area contributed by atoms with Gasteiger partial charge in [-0.3, -0.25) is 0 Å². The lowest BCUT2D eigenvalue weighted by molar-refractivity contribution is 0.226. The van der Waals surface area contributed by atoms with Crippen LogP contribution < -0.4 is 11.1 Å². The van der Waals surface area contributed by atoms with Gasteiger partial charge in [0.25, 0.3) is 0 Å². The summed E-state index contributed by atoms with van der Waals surface area (Å²) in [5.41, 5.74) is 5.43. The molecule has 1 aliphatic heterocycles. The molecule has 1 heterocycles. The third-order valence-electron chi connectivity index (χ3n) is 3.37. The van der Waals surface area contributed by atoms with Gasteiger partial charge in [0.15, 0.2) is 11.6 Å². The summed E-state index contributed by atoms with van der Waals surface area (Å²) >= 11 is 0. The summed E-state index contributed by atoms with van der Waals surface area (Å²) in [6.07, 6.45) is 1.98. The van der Waals surface area contributed by atoms with Crippen LogP contribution in [-0.2, 0) is 0 Å². The number of benzene rings is 1. The van der Waals surface area contributed by atoms with Gasteiger partial charge >= 0.3 is 0 Å². The third kappa shape index (κ3) is 2.90. The number of anilines is 2. The Morgan fingerprint density at radius 1 is 1.39 bits per heavy atom. The molecule has 5 heteroatoms. The second kappa shape index (κ2) is 5.52. The van der Waals surface area contributed by atoms with E-state index in [9.17, 15) is 8.78 Å². The Labute approximate surface area is 106 Å². The molecule has 0 aromatic heterocycles. The van der Waals surface area contributed by atoms with E-state index >= 15 is 0 Å². The molecule has 0 aliphatic carbocycles. The van der Waals surface area contributed by atoms with Crippen molar-refractivity contribution in [2.24, 2.45) is 0 Å². The highest BCUT2D eigenvalue weighted by molar-refractivity contribution is 5.54. The quantitative estimate of drug-likeness (QED) is 0.815. The first-order chi connectivity index (χ1) is 8.60. The van der Waals surface area contributed by atoms with Gasteiger partial charge in [0, 0.05) is 18.3 Å². The maximum Gasteiger partial charge on any atom is 0.151 e. The number of nitrogens with two attached hydrogens (primary N) is 1. The Bertz CT molecular complexity index is 400. The molecule has 1 aromatic carbocycles. The molecule has 0 bridgehead atoms. The standard InChI is InChI=1S/C13H19F2N3/c1-2-18-5-3-4-10(8-18)17-13-11(14)6-9(16)7-12(13)15/h6-7,10,17H,2-5,8,16H2,1H3. The number of halogens is 2. The van der Waals surface area contributed by atoms with Crippen molar-refractivity contribution in [3.05, 3.63) is 23.8 Å². The molecule has 3 N–H and O–H groups in total. The fourth-order valence-corrected chi connectivity index (χ4v) is 2.40. The number of rotatable bonds is 3. The summed E-state index contributed by atoms with van der Waals surface area (Å²) in [5.74, 6) is -1.25. The highest BCUT2D eigenvalue weighted by Gasteiger charge is 2.21. The van der Waals surface area contributed by atoms with Crippen molar-refractivity contribution in [3.63, 3.8) is 0 Å². The maximum atomic E-state index is 13.6. The zero-order valence-corrected chi connectivity index (χ0v) is 10.5. The average Bonchev–Trinajstić information content (AvgIpc) is 2.34. The van der Waals surface area contributed by atoms with Crippen molar-refractivity contribution >= 4 is 11.4 Å². The fourth-order valence-electron chi connectivity index (χ4n) is 2.40. The Balaban J connectivity index is 2.09. The predicted molar refractivity (Wildman–Crippen MR) is 69.5 cm³/mol. The first-order valence-corrected chi connectivity index (χ1v) is 6.33. The number of nitrogens with one attached hydrogen (secondary N) is 1. The molecule has 0 saturated carbocycles. The molecular formula is C13H19F2N3. The largest absolute Gasteiger partial charge is 0.399 e. The summed E-state index contributed by atoms with van der Waals surface area (Å²) in [6, 6.07) is 2.38. The lowest BCUT2D eigenvalue weighted by Gasteiger charge is -2.33. The molecule has 0 amide bonds. The molecule has 1 aromatic rings. The van der Waals surface area contributed by atoms with Gasteiger partial charge in [-0.1, -0.05) is 6.92 Å². The van der Waals surface area contributed by atoms with Crippen molar-refractivity contribution < 1.29 is 8.78 Å². The van der Waals surface area contributed by atoms with Crippen LogP contribution in [-0.4, -0.2) is 30.6 Å². The summed E-state index contributed by atoms with van der Waals surface area (Å²) in [6.45, 7) is 4.93. The molecule has 1 atom stereocenters.